The molecule has 1 aromatic heterocycles. The lowest BCUT2D eigenvalue weighted by Crippen LogP contribution is -2.44. The van der Waals surface area contributed by atoms with Crippen LogP contribution in [0.2, 0.25) is 0 Å². The maximum Gasteiger partial charge on any atom is 0.240 e. The number of hydrogen-bond donors (Lipinski definition) is 1. The molecule has 132 valence electrons. The van der Waals surface area contributed by atoms with Crippen LogP contribution in [0.1, 0.15) is 37.3 Å². The molecule has 2 aromatic rings. The number of benzene rings is 1. The third-order valence-electron chi connectivity index (χ3n) is 4.53. The summed E-state index contributed by atoms with van der Waals surface area (Å²) in [5, 5.41) is 3.10. The van der Waals surface area contributed by atoms with Gasteiger partial charge < -0.3 is 14.8 Å². The van der Waals surface area contributed by atoms with E-state index in [1.165, 1.54) is 0 Å². The van der Waals surface area contributed by atoms with Crippen molar-refractivity contribution in [1.29, 1.82) is 0 Å². The Morgan fingerprint density at radius 3 is 2.80 bits per heavy atom. The molecule has 1 fully saturated rings. The number of likely N-dealkylation sites (tertiary alicyclic amines) is 1. The molecule has 1 saturated heterocycles. The summed E-state index contributed by atoms with van der Waals surface area (Å²) >= 11 is 0. The Morgan fingerprint density at radius 1 is 1.24 bits per heavy atom. The van der Waals surface area contributed by atoms with Crippen LogP contribution in [-0.4, -0.2) is 39.4 Å². The number of imidazole rings is 1. The molecule has 1 aliphatic heterocycles. The van der Waals surface area contributed by atoms with E-state index in [9.17, 15) is 9.59 Å². The highest BCUT2D eigenvalue weighted by molar-refractivity contribution is 5.85. The maximum absolute atomic E-state index is 12.5. The SMILES string of the molecule is O=C(CN1CCCCC1=O)N[C@H](CCn1ccnc1)c1ccccc1. The molecule has 1 N–H and O–H groups in total. The molecule has 25 heavy (non-hydrogen) atoms. The van der Waals surface area contributed by atoms with Crippen LogP contribution in [0.3, 0.4) is 0 Å². The van der Waals surface area contributed by atoms with Gasteiger partial charge in [0.1, 0.15) is 0 Å². The molecule has 1 atom stereocenters. The zero-order chi connectivity index (χ0) is 17.5. The van der Waals surface area contributed by atoms with Crippen LogP contribution in [0.15, 0.2) is 49.1 Å². The first-order valence-electron chi connectivity index (χ1n) is 8.80. The monoisotopic (exact) mass is 340 g/mol. The average molecular weight is 340 g/mol. The molecule has 0 spiro atoms. The number of aromatic nitrogens is 2. The minimum absolute atomic E-state index is 0.0797. The molecule has 1 aromatic carbocycles. The molecule has 0 saturated carbocycles. The second kappa shape index (κ2) is 8.46. The van der Waals surface area contributed by atoms with E-state index in [2.05, 4.69) is 10.3 Å². The Kier molecular flexibility index (Phi) is 5.82. The Morgan fingerprint density at radius 2 is 2.08 bits per heavy atom. The highest BCUT2D eigenvalue weighted by Crippen LogP contribution is 2.18. The number of aryl methyl sites for hydroxylation is 1. The maximum atomic E-state index is 12.5. The second-order valence-electron chi connectivity index (χ2n) is 6.39. The van der Waals surface area contributed by atoms with Crippen molar-refractivity contribution in [3.63, 3.8) is 0 Å². The Labute approximate surface area is 147 Å². The summed E-state index contributed by atoms with van der Waals surface area (Å²) in [6.45, 7) is 1.59. The first kappa shape index (κ1) is 17.2. The predicted octanol–water partition coefficient (Wildman–Crippen LogP) is 2.14. The molecule has 2 amide bonds. The number of carbonyl (C=O) groups excluding carboxylic acids is 2. The fourth-order valence-electron chi connectivity index (χ4n) is 3.15. The van der Waals surface area contributed by atoms with Crippen molar-refractivity contribution in [1.82, 2.24) is 19.8 Å². The number of nitrogens with one attached hydrogen (secondary N) is 1. The van der Waals surface area contributed by atoms with Crippen molar-refractivity contribution in [2.24, 2.45) is 0 Å². The van der Waals surface area contributed by atoms with E-state index < -0.39 is 0 Å². The van der Waals surface area contributed by atoms with E-state index in [1.807, 2.05) is 41.1 Å². The van der Waals surface area contributed by atoms with E-state index in [0.29, 0.717) is 13.0 Å². The fraction of sp³-hybridized carbons (Fsp3) is 0.421. The van der Waals surface area contributed by atoms with Crippen LogP contribution in [0.25, 0.3) is 0 Å². The van der Waals surface area contributed by atoms with E-state index >= 15 is 0 Å². The molecular formula is C19H24N4O2. The summed E-state index contributed by atoms with van der Waals surface area (Å²) in [4.78, 5) is 30.1. The van der Waals surface area contributed by atoms with E-state index in [-0.39, 0.29) is 24.4 Å². The van der Waals surface area contributed by atoms with Gasteiger partial charge in [-0.2, -0.15) is 0 Å². The summed E-state index contributed by atoms with van der Waals surface area (Å²) in [7, 11) is 0. The van der Waals surface area contributed by atoms with Crippen molar-refractivity contribution >= 4 is 11.8 Å². The van der Waals surface area contributed by atoms with Crippen LogP contribution in [0, 0.1) is 0 Å². The van der Waals surface area contributed by atoms with Crippen molar-refractivity contribution in [2.45, 2.75) is 38.3 Å². The average Bonchev–Trinajstić information content (AvgIpc) is 3.15. The Bertz CT molecular complexity index is 685. The number of amides is 2. The van der Waals surface area contributed by atoms with Crippen LogP contribution < -0.4 is 5.32 Å². The topological polar surface area (TPSA) is 67.2 Å². The van der Waals surface area contributed by atoms with Crippen LogP contribution in [-0.2, 0) is 16.1 Å². The zero-order valence-electron chi connectivity index (χ0n) is 14.3. The van der Waals surface area contributed by atoms with Crippen molar-refractivity contribution < 1.29 is 9.59 Å². The highest BCUT2D eigenvalue weighted by Gasteiger charge is 2.22. The molecule has 1 aliphatic rings. The quantitative estimate of drug-likeness (QED) is 0.840. The van der Waals surface area contributed by atoms with Crippen molar-refractivity contribution in [2.75, 3.05) is 13.1 Å². The summed E-state index contributed by atoms with van der Waals surface area (Å²) in [5.41, 5.74) is 1.07. The van der Waals surface area contributed by atoms with Gasteiger partial charge >= 0.3 is 0 Å². The number of nitrogens with zero attached hydrogens (tertiary/aromatic N) is 3. The van der Waals surface area contributed by atoms with Gasteiger partial charge in [0.05, 0.1) is 18.9 Å². The smallest absolute Gasteiger partial charge is 0.240 e. The number of rotatable bonds is 7. The summed E-state index contributed by atoms with van der Waals surface area (Å²) in [5.74, 6) is -0.0224. The standard InChI is InChI=1S/C19H24N4O2/c24-18(14-23-11-5-4-8-19(23)25)21-17(16-6-2-1-3-7-16)9-12-22-13-10-20-15-22/h1-3,6-7,10,13,15,17H,4-5,8-9,11-12,14H2,(H,21,24)/t17-/m1/s1. The van der Waals surface area contributed by atoms with E-state index in [4.69, 9.17) is 0 Å². The first-order valence-corrected chi connectivity index (χ1v) is 8.80. The predicted molar refractivity (Wildman–Crippen MR) is 94.6 cm³/mol. The minimum Gasteiger partial charge on any atom is -0.348 e. The molecule has 0 bridgehead atoms. The molecule has 0 aliphatic carbocycles. The molecule has 3 rings (SSSR count). The van der Waals surface area contributed by atoms with Gasteiger partial charge in [-0.15, -0.1) is 0 Å². The Hall–Kier alpha value is -2.63. The summed E-state index contributed by atoms with van der Waals surface area (Å²) in [6.07, 6.45) is 8.65. The minimum atomic E-state index is -0.102. The lowest BCUT2D eigenvalue weighted by atomic mass is 10.0. The third kappa shape index (κ3) is 4.92. The van der Waals surface area contributed by atoms with Crippen LogP contribution >= 0.6 is 0 Å². The zero-order valence-corrected chi connectivity index (χ0v) is 14.3. The van der Waals surface area contributed by atoms with Crippen molar-refractivity contribution in [3.8, 4) is 0 Å². The molecular weight excluding hydrogens is 316 g/mol. The Balaban J connectivity index is 1.62. The molecule has 0 radical (unpaired) electrons. The van der Waals surface area contributed by atoms with Crippen molar-refractivity contribution in [3.05, 3.63) is 54.6 Å². The van der Waals surface area contributed by atoms with Gasteiger partial charge in [-0.05, 0) is 24.8 Å². The van der Waals surface area contributed by atoms with Gasteiger partial charge in [-0.25, -0.2) is 4.98 Å². The molecule has 0 unspecified atom stereocenters. The fourth-order valence-corrected chi connectivity index (χ4v) is 3.15. The largest absolute Gasteiger partial charge is 0.348 e. The van der Waals surface area contributed by atoms with E-state index in [0.717, 1.165) is 31.4 Å². The third-order valence-corrected chi connectivity index (χ3v) is 4.53. The van der Waals surface area contributed by atoms with Gasteiger partial charge in [0, 0.05) is 31.9 Å². The highest BCUT2D eigenvalue weighted by atomic mass is 16.2. The number of hydrogen-bond acceptors (Lipinski definition) is 3. The van der Waals surface area contributed by atoms with Crippen LogP contribution in [0.4, 0.5) is 0 Å². The first-order chi connectivity index (χ1) is 12.2. The van der Waals surface area contributed by atoms with Gasteiger partial charge in [0.2, 0.25) is 11.8 Å². The number of carbonyl (C=O) groups is 2. The number of piperidine rings is 1. The summed E-state index contributed by atoms with van der Waals surface area (Å²) < 4.78 is 2.00. The summed E-state index contributed by atoms with van der Waals surface area (Å²) in [6, 6.07) is 9.86. The molecule has 2 heterocycles. The molecule has 6 nitrogen and oxygen atoms in total. The molecule has 6 heteroatoms. The van der Waals surface area contributed by atoms with E-state index in [1.54, 1.807) is 17.4 Å². The second-order valence-corrected chi connectivity index (χ2v) is 6.39. The lowest BCUT2D eigenvalue weighted by molar-refractivity contribution is -0.138. The van der Waals surface area contributed by atoms with Gasteiger partial charge in [-0.1, -0.05) is 30.3 Å². The normalized spacial score (nSPS) is 15.8. The lowest BCUT2D eigenvalue weighted by Gasteiger charge is -2.27. The van der Waals surface area contributed by atoms with Gasteiger partial charge in [-0.3, -0.25) is 9.59 Å². The van der Waals surface area contributed by atoms with Gasteiger partial charge in [0.25, 0.3) is 0 Å². The van der Waals surface area contributed by atoms with Crippen LogP contribution in [0.5, 0.6) is 0 Å². The van der Waals surface area contributed by atoms with Gasteiger partial charge in [0.15, 0.2) is 0 Å².